The second-order valence-electron chi connectivity index (χ2n) is 5.72. The van der Waals surface area contributed by atoms with E-state index in [4.69, 9.17) is 4.42 Å². The van der Waals surface area contributed by atoms with Crippen molar-refractivity contribution in [1.82, 2.24) is 15.5 Å². The maximum absolute atomic E-state index is 5.93. The summed E-state index contributed by atoms with van der Waals surface area (Å²) in [6, 6.07) is 0.287. The maximum Gasteiger partial charge on any atom is 0.233 e. The van der Waals surface area contributed by atoms with Gasteiger partial charge >= 0.3 is 0 Å². The molecule has 94 valence electrons. The second-order valence-corrected chi connectivity index (χ2v) is 5.72. The van der Waals surface area contributed by atoms with Gasteiger partial charge in [-0.1, -0.05) is 26.2 Å². The van der Waals surface area contributed by atoms with Crippen molar-refractivity contribution in [3.05, 3.63) is 11.8 Å². The van der Waals surface area contributed by atoms with Gasteiger partial charge in [0.2, 0.25) is 11.8 Å². The van der Waals surface area contributed by atoms with E-state index in [2.05, 4.69) is 22.4 Å². The molecule has 1 aliphatic carbocycles. The molecule has 1 saturated carbocycles. The number of piperidine rings is 1. The summed E-state index contributed by atoms with van der Waals surface area (Å²) >= 11 is 0. The van der Waals surface area contributed by atoms with Crippen LogP contribution in [0.1, 0.15) is 69.7 Å². The van der Waals surface area contributed by atoms with Crippen LogP contribution in [0.4, 0.5) is 0 Å². The molecule has 2 heterocycles. The van der Waals surface area contributed by atoms with Gasteiger partial charge in [0.15, 0.2) is 0 Å². The zero-order valence-corrected chi connectivity index (χ0v) is 10.5. The summed E-state index contributed by atoms with van der Waals surface area (Å²) in [5.74, 6) is 1.66. The lowest BCUT2D eigenvalue weighted by Gasteiger charge is -2.21. The molecule has 3 rings (SSSR count). The molecule has 17 heavy (non-hydrogen) atoms. The van der Waals surface area contributed by atoms with E-state index in [0.717, 1.165) is 24.7 Å². The summed E-state index contributed by atoms with van der Waals surface area (Å²) in [6.07, 6.45) is 8.59. The Kier molecular flexibility index (Phi) is 2.90. The maximum atomic E-state index is 5.93. The number of rotatable bonds is 2. The van der Waals surface area contributed by atoms with Crippen LogP contribution in [0.25, 0.3) is 0 Å². The van der Waals surface area contributed by atoms with E-state index in [9.17, 15) is 0 Å². The predicted octanol–water partition coefficient (Wildman–Crippen LogP) is 2.72. The van der Waals surface area contributed by atoms with Gasteiger partial charge in [-0.3, -0.25) is 0 Å². The lowest BCUT2D eigenvalue weighted by molar-refractivity contribution is 0.294. The Bertz CT molecular complexity index is 376. The van der Waals surface area contributed by atoms with Crippen molar-refractivity contribution in [2.45, 2.75) is 63.3 Å². The van der Waals surface area contributed by atoms with E-state index in [1.54, 1.807) is 0 Å². The molecular weight excluding hydrogens is 214 g/mol. The summed E-state index contributed by atoms with van der Waals surface area (Å²) in [5.41, 5.74) is 0.139. The Morgan fingerprint density at radius 1 is 1.18 bits per heavy atom. The van der Waals surface area contributed by atoms with Gasteiger partial charge in [0.1, 0.15) is 0 Å². The van der Waals surface area contributed by atoms with Crippen LogP contribution in [0.5, 0.6) is 0 Å². The van der Waals surface area contributed by atoms with Gasteiger partial charge in [0.05, 0.1) is 6.04 Å². The first kappa shape index (κ1) is 11.2. The molecule has 1 atom stereocenters. The topological polar surface area (TPSA) is 51.0 Å². The molecule has 1 N–H and O–H groups in total. The van der Waals surface area contributed by atoms with Crippen LogP contribution in [0.2, 0.25) is 0 Å². The zero-order chi connectivity index (χ0) is 11.7. The van der Waals surface area contributed by atoms with Crippen molar-refractivity contribution in [3.8, 4) is 0 Å². The number of nitrogens with one attached hydrogen (secondary N) is 1. The van der Waals surface area contributed by atoms with Gasteiger partial charge in [-0.2, -0.15) is 0 Å². The van der Waals surface area contributed by atoms with Crippen molar-refractivity contribution in [2.24, 2.45) is 0 Å². The van der Waals surface area contributed by atoms with Gasteiger partial charge in [0, 0.05) is 5.41 Å². The largest absolute Gasteiger partial charge is 0.423 e. The fourth-order valence-corrected chi connectivity index (χ4v) is 3.05. The minimum atomic E-state index is 0.139. The first-order chi connectivity index (χ1) is 8.28. The molecule has 0 radical (unpaired) electrons. The summed E-state index contributed by atoms with van der Waals surface area (Å²) in [6.45, 7) is 3.32. The molecule has 1 aromatic rings. The van der Waals surface area contributed by atoms with Gasteiger partial charge in [-0.05, 0) is 32.2 Å². The number of aromatic nitrogens is 2. The van der Waals surface area contributed by atoms with Gasteiger partial charge in [0.25, 0.3) is 0 Å². The molecule has 4 heteroatoms. The molecule has 0 spiro atoms. The average molecular weight is 235 g/mol. The Hall–Kier alpha value is -0.900. The van der Waals surface area contributed by atoms with Crippen molar-refractivity contribution in [3.63, 3.8) is 0 Å². The smallest absolute Gasteiger partial charge is 0.233 e. The monoisotopic (exact) mass is 235 g/mol. The summed E-state index contributed by atoms with van der Waals surface area (Å²) in [5, 5.41) is 12.0. The highest BCUT2D eigenvalue weighted by Gasteiger charge is 2.36. The quantitative estimate of drug-likeness (QED) is 0.856. The van der Waals surface area contributed by atoms with Crippen molar-refractivity contribution < 1.29 is 4.42 Å². The molecule has 1 unspecified atom stereocenters. The van der Waals surface area contributed by atoms with Gasteiger partial charge < -0.3 is 9.73 Å². The van der Waals surface area contributed by atoms with E-state index in [0.29, 0.717) is 0 Å². The van der Waals surface area contributed by atoms with Crippen LogP contribution in [0.3, 0.4) is 0 Å². The molecule has 4 nitrogen and oxygen atoms in total. The van der Waals surface area contributed by atoms with Crippen LogP contribution < -0.4 is 5.32 Å². The predicted molar refractivity (Wildman–Crippen MR) is 64.7 cm³/mol. The van der Waals surface area contributed by atoms with Crippen LogP contribution in [-0.2, 0) is 5.41 Å². The van der Waals surface area contributed by atoms with E-state index >= 15 is 0 Å². The lowest BCUT2D eigenvalue weighted by Crippen LogP contribution is -2.27. The van der Waals surface area contributed by atoms with E-state index < -0.39 is 0 Å². The summed E-state index contributed by atoms with van der Waals surface area (Å²) in [4.78, 5) is 0. The highest BCUT2D eigenvalue weighted by atomic mass is 16.4. The number of hydrogen-bond acceptors (Lipinski definition) is 4. The van der Waals surface area contributed by atoms with Crippen LogP contribution in [0.15, 0.2) is 4.42 Å². The first-order valence-electron chi connectivity index (χ1n) is 6.85. The molecular formula is C13H21N3O. The molecule has 0 aromatic carbocycles. The SMILES string of the molecule is CC1(c2nnc(C3CCCCN3)o2)CCCC1. The molecule has 0 bridgehead atoms. The van der Waals surface area contributed by atoms with Gasteiger partial charge in [-0.15, -0.1) is 10.2 Å². The van der Waals surface area contributed by atoms with Crippen LogP contribution in [-0.4, -0.2) is 16.7 Å². The number of hydrogen-bond donors (Lipinski definition) is 1. The Labute approximate surface area is 102 Å². The molecule has 1 aromatic heterocycles. The zero-order valence-electron chi connectivity index (χ0n) is 10.5. The Balaban J connectivity index is 1.77. The molecule has 2 fully saturated rings. The molecule has 2 aliphatic rings. The third-order valence-electron chi connectivity index (χ3n) is 4.27. The fourth-order valence-electron chi connectivity index (χ4n) is 3.05. The van der Waals surface area contributed by atoms with Crippen LogP contribution >= 0.6 is 0 Å². The third kappa shape index (κ3) is 2.10. The highest BCUT2D eigenvalue weighted by Crippen LogP contribution is 2.40. The van der Waals surface area contributed by atoms with E-state index in [1.165, 1.54) is 38.5 Å². The van der Waals surface area contributed by atoms with Crippen molar-refractivity contribution in [2.75, 3.05) is 6.54 Å². The van der Waals surface area contributed by atoms with Crippen LogP contribution in [0, 0.1) is 0 Å². The molecule has 1 saturated heterocycles. The van der Waals surface area contributed by atoms with Crippen molar-refractivity contribution >= 4 is 0 Å². The lowest BCUT2D eigenvalue weighted by atomic mass is 9.89. The minimum Gasteiger partial charge on any atom is -0.423 e. The Morgan fingerprint density at radius 2 is 2.00 bits per heavy atom. The third-order valence-corrected chi connectivity index (χ3v) is 4.27. The standard InChI is InChI=1S/C13H21N3O/c1-13(7-3-4-8-13)12-16-15-11(17-12)10-6-2-5-9-14-10/h10,14H,2-9H2,1H3. The van der Waals surface area contributed by atoms with Gasteiger partial charge in [-0.25, -0.2) is 0 Å². The number of nitrogens with zero attached hydrogens (tertiary/aromatic N) is 2. The summed E-state index contributed by atoms with van der Waals surface area (Å²) in [7, 11) is 0. The fraction of sp³-hybridized carbons (Fsp3) is 0.846. The summed E-state index contributed by atoms with van der Waals surface area (Å²) < 4.78 is 5.93. The highest BCUT2D eigenvalue weighted by molar-refractivity contribution is 5.05. The molecule has 1 aliphatic heterocycles. The van der Waals surface area contributed by atoms with Crippen molar-refractivity contribution in [1.29, 1.82) is 0 Å². The average Bonchev–Trinajstić information content (AvgIpc) is 2.99. The normalized spacial score (nSPS) is 28.4. The minimum absolute atomic E-state index is 0.139. The second kappa shape index (κ2) is 4.41. The van der Waals surface area contributed by atoms with E-state index in [1.807, 2.05) is 0 Å². The first-order valence-corrected chi connectivity index (χ1v) is 6.85. The van der Waals surface area contributed by atoms with E-state index in [-0.39, 0.29) is 11.5 Å². The Morgan fingerprint density at radius 3 is 2.71 bits per heavy atom. The molecule has 0 amide bonds.